The van der Waals surface area contributed by atoms with E-state index >= 15 is 0 Å². The van der Waals surface area contributed by atoms with Gasteiger partial charge < -0.3 is 0 Å². The van der Waals surface area contributed by atoms with Gasteiger partial charge in [0.1, 0.15) is 5.82 Å². The highest BCUT2D eigenvalue weighted by Crippen LogP contribution is 2.27. The fraction of sp³-hybridized carbons (Fsp3) is 0. The van der Waals surface area contributed by atoms with Gasteiger partial charge in [0.15, 0.2) is 11.6 Å². The molecule has 0 aliphatic heterocycles. The lowest BCUT2D eigenvalue weighted by atomic mass is 10.0. The maximum Gasteiger partial charge on any atom is 0.166 e. The molecule has 0 fully saturated rings. The molecule has 17 heavy (non-hydrogen) atoms. The van der Waals surface area contributed by atoms with Crippen LogP contribution in [0.1, 0.15) is 0 Å². The third-order valence-corrected chi connectivity index (χ3v) is 2.85. The Hall–Kier alpha value is -2.03. The predicted molar refractivity (Wildman–Crippen MR) is 61.3 cm³/mol. The summed E-state index contributed by atoms with van der Waals surface area (Å²) in [6.07, 6.45) is 0. The summed E-state index contributed by atoms with van der Waals surface area (Å²) in [5.74, 6) is -2.16. The molecule has 3 rings (SSSR count). The quantitative estimate of drug-likeness (QED) is 0.503. The molecule has 0 saturated heterocycles. The molecule has 3 aromatic rings. The fourth-order valence-corrected chi connectivity index (χ4v) is 2.00. The SMILES string of the molecule is Fc1ccc2cc3c(F)cccc3cc2c1F. The molecule has 0 heterocycles. The molecule has 0 unspecified atom stereocenters. The predicted octanol–water partition coefficient (Wildman–Crippen LogP) is 4.41. The van der Waals surface area contributed by atoms with Gasteiger partial charge in [-0.2, -0.15) is 0 Å². The van der Waals surface area contributed by atoms with E-state index in [4.69, 9.17) is 0 Å². The van der Waals surface area contributed by atoms with E-state index in [9.17, 15) is 13.2 Å². The normalized spacial score (nSPS) is 11.2. The Morgan fingerprint density at radius 1 is 0.647 bits per heavy atom. The van der Waals surface area contributed by atoms with Crippen LogP contribution in [0.5, 0.6) is 0 Å². The van der Waals surface area contributed by atoms with E-state index in [0.29, 0.717) is 16.2 Å². The van der Waals surface area contributed by atoms with Gasteiger partial charge in [-0.15, -0.1) is 0 Å². The van der Waals surface area contributed by atoms with Crippen molar-refractivity contribution in [3.63, 3.8) is 0 Å². The first-order valence-corrected chi connectivity index (χ1v) is 5.13. The molecule has 84 valence electrons. The van der Waals surface area contributed by atoms with Crippen LogP contribution in [0, 0.1) is 17.5 Å². The second-order valence-electron chi connectivity index (χ2n) is 3.90. The Balaban J connectivity index is 2.52. The zero-order chi connectivity index (χ0) is 12.0. The number of halogens is 3. The van der Waals surface area contributed by atoms with E-state index in [-0.39, 0.29) is 11.2 Å². The van der Waals surface area contributed by atoms with Gasteiger partial charge in [-0.05, 0) is 35.0 Å². The van der Waals surface area contributed by atoms with Crippen LogP contribution >= 0.6 is 0 Å². The molecule has 0 aromatic heterocycles. The fourth-order valence-electron chi connectivity index (χ4n) is 2.00. The maximum atomic E-state index is 13.6. The van der Waals surface area contributed by atoms with Crippen LogP contribution < -0.4 is 0 Å². The van der Waals surface area contributed by atoms with Crippen LogP contribution in [-0.4, -0.2) is 0 Å². The summed E-state index contributed by atoms with van der Waals surface area (Å²) in [6, 6.07) is 10.0. The zero-order valence-electron chi connectivity index (χ0n) is 8.68. The summed E-state index contributed by atoms with van der Waals surface area (Å²) < 4.78 is 40.2. The Morgan fingerprint density at radius 3 is 2.18 bits per heavy atom. The van der Waals surface area contributed by atoms with Crippen LogP contribution in [0.25, 0.3) is 21.5 Å². The third kappa shape index (κ3) is 1.46. The van der Waals surface area contributed by atoms with Gasteiger partial charge in [-0.1, -0.05) is 18.2 Å². The smallest absolute Gasteiger partial charge is 0.166 e. The number of rotatable bonds is 0. The van der Waals surface area contributed by atoms with Crippen molar-refractivity contribution in [2.24, 2.45) is 0 Å². The molecule has 0 atom stereocenters. The molecule has 0 spiro atoms. The van der Waals surface area contributed by atoms with Gasteiger partial charge >= 0.3 is 0 Å². The molecule has 0 aliphatic carbocycles. The van der Waals surface area contributed by atoms with Gasteiger partial charge in [0.2, 0.25) is 0 Å². The lowest BCUT2D eigenvalue weighted by Crippen LogP contribution is -1.87. The lowest BCUT2D eigenvalue weighted by molar-refractivity contribution is 0.517. The van der Waals surface area contributed by atoms with Crippen molar-refractivity contribution in [1.29, 1.82) is 0 Å². The molecular formula is C14H7F3. The summed E-state index contributed by atoms with van der Waals surface area (Å²) >= 11 is 0. The Kier molecular flexibility index (Phi) is 2.08. The van der Waals surface area contributed by atoms with Gasteiger partial charge in [-0.3, -0.25) is 0 Å². The molecule has 0 amide bonds. The average molecular weight is 232 g/mol. The molecule has 0 nitrogen and oxygen atoms in total. The zero-order valence-corrected chi connectivity index (χ0v) is 8.68. The van der Waals surface area contributed by atoms with Crippen molar-refractivity contribution < 1.29 is 13.2 Å². The molecule has 0 aliphatic rings. The number of hydrogen-bond donors (Lipinski definition) is 0. The highest BCUT2D eigenvalue weighted by molar-refractivity contribution is 5.98. The molecule has 0 saturated carbocycles. The van der Waals surface area contributed by atoms with Crippen molar-refractivity contribution in [2.75, 3.05) is 0 Å². The van der Waals surface area contributed by atoms with E-state index in [1.54, 1.807) is 12.1 Å². The van der Waals surface area contributed by atoms with E-state index in [1.165, 1.54) is 24.3 Å². The summed E-state index contributed by atoms with van der Waals surface area (Å²) in [7, 11) is 0. The minimum absolute atomic E-state index is 0.170. The topological polar surface area (TPSA) is 0 Å². The largest absolute Gasteiger partial charge is 0.206 e. The summed E-state index contributed by atoms with van der Waals surface area (Å²) in [4.78, 5) is 0. The first-order chi connectivity index (χ1) is 8.16. The highest BCUT2D eigenvalue weighted by Gasteiger charge is 2.09. The summed E-state index contributed by atoms with van der Waals surface area (Å²) in [6.45, 7) is 0. The molecule has 0 N–H and O–H groups in total. The van der Waals surface area contributed by atoms with E-state index in [2.05, 4.69) is 0 Å². The standard InChI is InChI=1S/C14H7F3/c15-12-3-1-2-8-7-11-9(6-10(8)12)4-5-13(16)14(11)17/h1-7H. The maximum absolute atomic E-state index is 13.6. The van der Waals surface area contributed by atoms with Crippen LogP contribution in [0.15, 0.2) is 42.5 Å². The molecule has 0 radical (unpaired) electrons. The Labute approximate surface area is 95.3 Å². The minimum atomic E-state index is -0.895. The molecule has 3 aromatic carbocycles. The number of benzene rings is 3. The first-order valence-electron chi connectivity index (χ1n) is 5.13. The molecule has 0 bridgehead atoms. The van der Waals surface area contributed by atoms with E-state index in [1.807, 2.05) is 0 Å². The lowest BCUT2D eigenvalue weighted by Gasteiger charge is -2.04. The summed E-state index contributed by atoms with van der Waals surface area (Å²) in [5, 5.41) is 1.62. The van der Waals surface area contributed by atoms with Gasteiger partial charge in [0.05, 0.1) is 0 Å². The molecule has 3 heteroatoms. The van der Waals surface area contributed by atoms with Crippen molar-refractivity contribution >= 4 is 21.5 Å². The van der Waals surface area contributed by atoms with Gasteiger partial charge in [0.25, 0.3) is 0 Å². The van der Waals surface area contributed by atoms with Gasteiger partial charge in [0, 0.05) is 10.8 Å². The first kappa shape index (κ1) is 10.1. The van der Waals surface area contributed by atoms with Crippen LogP contribution in [0.2, 0.25) is 0 Å². The second-order valence-corrected chi connectivity index (χ2v) is 3.90. The van der Waals surface area contributed by atoms with E-state index in [0.717, 1.165) is 6.07 Å². The average Bonchev–Trinajstić information content (AvgIpc) is 2.33. The number of fused-ring (bicyclic) bond motifs is 2. The number of hydrogen-bond acceptors (Lipinski definition) is 0. The van der Waals surface area contributed by atoms with Gasteiger partial charge in [-0.25, -0.2) is 13.2 Å². The monoisotopic (exact) mass is 232 g/mol. The van der Waals surface area contributed by atoms with E-state index < -0.39 is 11.6 Å². The van der Waals surface area contributed by atoms with Crippen molar-refractivity contribution in [3.05, 3.63) is 59.9 Å². The highest BCUT2D eigenvalue weighted by atomic mass is 19.2. The Bertz CT molecular complexity index is 732. The van der Waals surface area contributed by atoms with Crippen LogP contribution in [-0.2, 0) is 0 Å². The minimum Gasteiger partial charge on any atom is -0.206 e. The van der Waals surface area contributed by atoms with Crippen LogP contribution in [0.4, 0.5) is 13.2 Å². The summed E-state index contributed by atoms with van der Waals surface area (Å²) in [5.41, 5.74) is 0. The van der Waals surface area contributed by atoms with Crippen molar-refractivity contribution in [2.45, 2.75) is 0 Å². The van der Waals surface area contributed by atoms with Crippen LogP contribution in [0.3, 0.4) is 0 Å². The second kappa shape index (κ2) is 3.48. The Morgan fingerprint density at radius 2 is 1.35 bits per heavy atom. The van der Waals surface area contributed by atoms with Crippen molar-refractivity contribution in [1.82, 2.24) is 0 Å². The third-order valence-electron chi connectivity index (χ3n) is 2.85. The van der Waals surface area contributed by atoms with Crippen molar-refractivity contribution in [3.8, 4) is 0 Å². The molecular weight excluding hydrogens is 225 g/mol.